The Kier molecular flexibility index (Phi) is 8.23. The number of piperidine rings is 1. The molecule has 2 aromatic rings. The van der Waals surface area contributed by atoms with E-state index in [4.69, 9.17) is 23.6 Å². The smallest absolute Gasteiger partial charge is 0.409 e. The topological polar surface area (TPSA) is 91.1 Å². The number of aryl methyl sites for hydroxylation is 3. The highest BCUT2D eigenvalue weighted by atomic mass is 16.6. The minimum Gasteiger partial charge on any atom is -0.467 e. The molecule has 0 bridgehead atoms. The van der Waals surface area contributed by atoms with Crippen molar-refractivity contribution in [1.82, 2.24) is 9.88 Å². The number of ether oxygens (including phenoxy) is 3. The second kappa shape index (κ2) is 11.5. The number of hydrogen-bond donors (Lipinski definition) is 0. The average Bonchev–Trinajstić information content (AvgIpc) is 3.27. The lowest BCUT2D eigenvalue weighted by molar-refractivity contribution is -0.156. The number of aromatic nitrogens is 1. The first-order valence-corrected chi connectivity index (χ1v) is 12.3. The van der Waals surface area contributed by atoms with Crippen LogP contribution in [0.3, 0.4) is 0 Å². The van der Waals surface area contributed by atoms with Crippen molar-refractivity contribution in [3.8, 4) is 11.5 Å². The van der Waals surface area contributed by atoms with Crippen molar-refractivity contribution in [2.24, 2.45) is 5.92 Å². The number of rotatable bonds is 8. The zero-order valence-corrected chi connectivity index (χ0v) is 20.7. The number of carbonyl (C=O) groups excluding carboxylic acids is 2. The third kappa shape index (κ3) is 5.93. The number of methoxy groups -OCH3 is 2. The van der Waals surface area contributed by atoms with Crippen molar-refractivity contribution >= 4 is 18.1 Å². The minimum absolute atomic E-state index is 0.0346. The predicted molar refractivity (Wildman–Crippen MR) is 131 cm³/mol. The summed E-state index contributed by atoms with van der Waals surface area (Å²) in [4.78, 5) is 30.7. The highest BCUT2D eigenvalue weighted by Gasteiger charge is 2.33. The molecule has 8 nitrogen and oxygen atoms in total. The fourth-order valence-corrected chi connectivity index (χ4v) is 4.82. The molecular formula is C27H34N2O6. The van der Waals surface area contributed by atoms with Gasteiger partial charge in [0, 0.05) is 25.8 Å². The van der Waals surface area contributed by atoms with Crippen LogP contribution in [0.15, 0.2) is 28.7 Å². The molecule has 0 radical (unpaired) electrons. The lowest BCUT2D eigenvalue weighted by Crippen LogP contribution is -2.44. The van der Waals surface area contributed by atoms with Crippen LogP contribution in [0.5, 0.6) is 0 Å². The van der Waals surface area contributed by atoms with Crippen molar-refractivity contribution in [3.05, 3.63) is 46.9 Å². The van der Waals surface area contributed by atoms with E-state index in [1.165, 1.54) is 25.3 Å². The van der Waals surface area contributed by atoms with Crippen molar-refractivity contribution < 1.29 is 28.2 Å². The summed E-state index contributed by atoms with van der Waals surface area (Å²) in [5.41, 5.74) is 4.46. The third-order valence-corrected chi connectivity index (χ3v) is 6.86. The maximum Gasteiger partial charge on any atom is 0.409 e. The van der Waals surface area contributed by atoms with Gasteiger partial charge in [-0.25, -0.2) is 14.6 Å². The summed E-state index contributed by atoms with van der Waals surface area (Å²) in [6.45, 7) is 3.30. The van der Waals surface area contributed by atoms with Gasteiger partial charge in [-0.05, 0) is 74.6 Å². The third-order valence-electron chi connectivity index (χ3n) is 6.86. The van der Waals surface area contributed by atoms with Crippen molar-refractivity contribution in [2.45, 2.75) is 51.6 Å². The molecule has 1 saturated heterocycles. The average molecular weight is 483 g/mol. The summed E-state index contributed by atoms with van der Waals surface area (Å²) in [7, 11) is 2.86. The fourth-order valence-electron chi connectivity index (χ4n) is 4.82. The van der Waals surface area contributed by atoms with Crippen LogP contribution in [0.2, 0.25) is 0 Å². The lowest BCUT2D eigenvalue weighted by atomic mass is 9.91. The maximum atomic E-state index is 12.5. The Balaban J connectivity index is 1.23. The first kappa shape index (κ1) is 25.0. The molecule has 0 spiro atoms. The number of nitrogens with zero attached hydrogens (tertiary/aromatic N) is 2. The standard InChI is InChI=1S/C27H34N2O6/c1-18-23(28-25(35-18)22-11-10-19-7-4-5-8-21(19)17-22)9-6-16-34-27(31)29-14-12-20(13-15-29)24(32-2)26(30)33-3/h4,7,10-11,17,20,24H,5-6,8-9,12-16H2,1-3H3. The summed E-state index contributed by atoms with van der Waals surface area (Å²) < 4.78 is 21.5. The van der Waals surface area contributed by atoms with Crippen LogP contribution in [0, 0.1) is 12.8 Å². The van der Waals surface area contributed by atoms with Crippen LogP contribution in [0.1, 0.15) is 48.3 Å². The van der Waals surface area contributed by atoms with E-state index in [0.29, 0.717) is 51.3 Å². The minimum atomic E-state index is -0.591. The number of allylic oxidation sites excluding steroid dienone is 1. The van der Waals surface area contributed by atoms with Gasteiger partial charge in [-0.3, -0.25) is 0 Å². The van der Waals surface area contributed by atoms with Crippen LogP contribution in [-0.4, -0.2) is 62.0 Å². The summed E-state index contributed by atoms with van der Waals surface area (Å²) in [5, 5.41) is 0. The molecule has 1 aromatic carbocycles. The first-order valence-electron chi connectivity index (χ1n) is 12.3. The highest BCUT2D eigenvalue weighted by Crippen LogP contribution is 2.28. The monoisotopic (exact) mass is 482 g/mol. The van der Waals surface area contributed by atoms with Crippen molar-refractivity contribution in [3.63, 3.8) is 0 Å². The van der Waals surface area contributed by atoms with Crippen LogP contribution in [0.4, 0.5) is 4.79 Å². The maximum absolute atomic E-state index is 12.5. The van der Waals surface area contributed by atoms with Crippen molar-refractivity contribution in [2.75, 3.05) is 33.9 Å². The Morgan fingerprint density at radius 3 is 2.77 bits per heavy atom. The molecule has 1 fully saturated rings. The molecule has 1 atom stereocenters. The van der Waals surface area contributed by atoms with E-state index >= 15 is 0 Å². The van der Waals surface area contributed by atoms with E-state index < -0.39 is 6.10 Å². The van der Waals surface area contributed by atoms with Crippen molar-refractivity contribution in [1.29, 1.82) is 0 Å². The molecule has 2 aliphatic rings. The number of esters is 1. The van der Waals surface area contributed by atoms with Gasteiger partial charge in [-0.1, -0.05) is 18.2 Å². The Hall–Kier alpha value is -3.13. The second-order valence-corrected chi connectivity index (χ2v) is 9.10. The molecule has 0 saturated carbocycles. The molecule has 1 unspecified atom stereocenters. The molecule has 1 amide bonds. The molecular weight excluding hydrogens is 448 g/mol. The Labute approximate surface area is 206 Å². The molecule has 35 heavy (non-hydrogen) atoms. The number of benzene rings is 1. The van der Waals surface area contributed by atoms with Gasteiger partial charge in [-0.15, -0.1) is 0 Å². The first-order chi connectivity index (χ1) is 17.0. The summed E-state index contributed by atoms with van der Waals surface area (Å²) in [6.07, 6.45) is 8.22. The van der Waals surface area contributed by atoms with Crippen LogP contribution >= 0.6 is 0 Å². The van der Waals surface area contributed by atoms with E-state index in [9.17, 15) is 9.59 Å². The number of hydrogen-bond acceptors (Lipinski definition) is 7. The molecule has 1 aliphatic carbocycles. The van der Waals surface area contributed by atoms with Gasteiger partial charge in [-0.2, -0.15) is 0 Å². The SMILES string of the molecule is COC(=O)C(OC)C1CCN(C(=O)OCCCc2nc(-c3ccc4c(c3)CCC=C4)oc2C)CC1. The number of amides is 1. The van der Waals surface area contributed by atoms with E-state index in [0.717, 1.165) is 29.9 Å². The van der Waals surface area contributed by atoms with E-state index in [2.05, 4.69) is 30.4 Å². The molecule has 188 valence electrons. The second-order valence-electron chi connectivity index (χ2n) is 9.10. The summed E-state index contributed by atoms with van der Waals surface area (Å²) in [6, 6.07) is 6.33. The number of carbonyl (C=O) groups is 2. The van der Waals surface area contributed by atoms with Gasteiger partial charge in [0.15, 0.2) is 6.10 Å². The van der Waals surface area contributed by atoms with Gasteiger partial charge < -0.3 is 23.5 Å². The van der Waals surface area contributed by atoms with Gasteiger partial charge in [0.2, 0.25) is 5.89 Å². The normalized spacial score (nSPS) is 16.6. The van der Waals surface area contributed by atoms with Crippen LogP contribution in [-0.2, 0) is 31.8 Å². The number of fused-ring (bicyclic) bond motifs is 1. The van der Waals surface area contributed by atoms with Crippen LogP contribution < -0.4 is 0 Å². The van der Waals surface area contributed by atoms with Gasteiger partial charge in [0.1, 0.15) is 5.76 Å². The lowest BCUT2D eigenvalue weighted by Gasteiger charge is -2.33. The fraction of sp³-hybridized carbons (Fsp3) is 0.519. The van der Waals surface area contributed by atoms with Gasteiger partial charge >= 0.3 is 12.1 Å². The van der Waals surface area contributed by atoms with Gasteiger partial charge in [0.25, 0.3) is 0 Å². The number of oxazole rings is 1. The predicted octanol–water partition coefficient (Wildman–Crippen LogP) is 4.58. The van der Waals surface area contributed by atoms with E-state index in [1.807, 2.05) is 6.92 Å². The largest absolute Gasteiger partial charge is 0.467 e. The molecule has 1 aromatic heterocycles. The molecule has 4 rings (SSSR count). The highest BCUT2D eigenvalue weighted by molar-refractivity contribution is 5.75. The molecule has 2 heterocycles. The molecule has 8 heteroatoms. The summed E-state index contributed by atoms with van der Waals surface area (Å²) >= 11 is 0. The molecule has 0 N–H and O–H groups in total. The van der Waals surface area contributed by atoms with E-state index in [-0.39, 0.29) is 18.0 Å². The quantitative estimate of drug-likeness (QED) is 0.402. The van der Waals surface area contributed by atoms with Gasteiger partial charge in [0.05, 0.1) is 19.4 Å². The van der Waals surface area contributed by atoms with E-state index in [1.54, 1.807) is 4.90 Å². The zero-order chi connectivity index (χ0) is 24.8. The Morgan fingerprint density at radius 2 is 2.03 bits per heavy atom. The zero-order valence-electron chi connectivity index (χ0n) is 20.7. The number of likely N-dealkylation sites (tertiary alicyclic amines) is 1. The Bertz CT molecular complexity index is 1070. The molecule has 1 aliphatic heterocycles. The summed E-state index contributed by atoms with van der Waals surface area (Å²) in [5.74, 6) is 1.09. The van der Waals surface area contributed by atoms with Crippen LogP contribution in [0.25, 0.3) is 17.5 Å². The Morgan fingerprint density at radius 1 is 1.23 bits per heavy atom.